The van der Waals surface area contributed by atoms with Gasteiger partial charge in [0.2, 0.25) is 0 Å². The Morgan fingerprint density at radius 3 is 2.71 bits per heavy atom. The number of carbonyl (C=O) groups excluding carboxylic acids is 1. The Morgan fingerprint density at radius 2 is 2.08 bits per heavy atom. The van der Waals surface area contributed by atoms with Crippen molar-refractivity contribution >= 4 is 74.8 Å². The topological polar surface area (TPSA) is 63.2 Å². The number of rotatable bonds is 4. The van der Waals surface area contributed by atoms with E-state index in [0.29, 0.717) is 21.6 Å². The number of anilines is 1. The summed E-state index contributed by atoms with van der Waals surface area (Å²) < 4.78 is 6.52. The van der Waals surface area contributed by atoms with Crippen molar-refractivity contribution < 1.29 is 9.53 Å². The van der Waals surface area contributed by atoms with Crippen molar-refractivity contribution in [1.82, 2.24) is 10.3 Å². The van der Waals surface area contributed by atoms with E-state index in [9.17, 15) is 4.79 Å². The molecule has 2 rings (SSSR count). The van der Waals surface area contributed by atoms with E-state index in [1.54, 1.807) is 31.3 Å². The lowest BCUT2D eigenvalue weighted by Gasteiger charge is -2.16. The lowest BCUT2D eigenvalue weighted by molar-refractivity contribution is -0.125. The fourth-order valence-corrected chi connectivity index (χ4v) is 2.60. The Bertz CT molecular complexity index is 759. The van der Waals surface area contributed by atoms with Gasteiger partial charge < -0.3 is 10.1 Å². The SMILES string of the molecule is C[C@@H](Oc1ccc(Cl)cc1Cl)C(=O)NC(=S)Nc1ccc(I)cn1. The maximum Gasteiger partial charge on any atom is 0.266 e. The number of ether oxygens (including phenoxy) is 1. The van der Waals surface area contributed by atoms with E-state index in [0.717, 1.165) is 3.57 Å². The van der Waals surface area contributed by atoms with Crippen molar-refractivity contribution in [2.24, 2.45) is 0 Å². The Morgan fingerprint density at radius 1 is 1.33 bits per heavy atom. The van der Waals surface area contributed by atoms with Crippen LogP contribution in [-0.2, 0) is 4.79 Å². The highest BCUT2D eigenvalue weighted by Crippen LogP contribution is 2.28. The Balaban J connectivity index is 1.90. The molecule has 9 heteroatoms. The number of halogens is 3. The second-order valence-electron chi connectivity index (χ2n) is 4.64. The minimum atomic E-state index is -0.798. The molecule has 0 saturated carbocycles. The third-order valence-corrected chi connectivity index (χ3v) is 4.15. The van der Waals surface area contributed by atoms with Crippen LogP contribution in [0.25, 0.3) is 0 Å². The van der Waals surface area contributed by atoms with E-state index in [2.05, 4.69) is 38.2 Å². The molecule has 5 nitrogen and oxygen atoms in total. The molecule has 2 aromatic rings. The molecule has 1 heterocycles. The number of nitrogens with one attached hydrogen (secondary N) is 2. The number of carbonyl (C=O) groups is 1. The molecular weight excluding hydrogens is 484 g/mol. The van der Waals surface area contributed by atoms with Crippen LogP contribution in [0, 0.1) is 3.57 Å². The molecule has 1 aromatic heterocycles. The number of hydrogen-bond acceptors (Lipinski definition) is 4. The molecule has 0 fully saturated rings. The van der Waals surface area contributed by atoms with Gasteiger partial charge in [0.25, 0.3) is 5.91 Å². The van der Waals surface area contributed by atoms with Crippen LogP contribution in [0.5, 0.6) is 5.75 Å². The fourth-order valence-electron chi connectivity index (χ4n) is 1.63. The molecule has 24 heavy (non-hydrogen) atoms. The Hall–Kier alpha value is -1.16. The van der Waals surface area contributed by atoms with Gasteiger partial charge in [0.15, 0.2) is 11.2 Å². The summed E-state index contributed by atoms with van der Waals surface area (Å²) in [6.07, 6.45) is 0.884. The molecule has 1 amide bonds. The molecular formula is C15H12Cl2IN3O2S. The normalized spacial score (nSPS) is 11.5. The van der Waals surface area contributed by atoms with Crippen LogP contribution < -0.4 is 15.4 Å². The van der Waals surface area contributed by atoms with Crippen LogP contribution in [-0.4, -0.2) is 22.1 Å². The number of nitrogens with zero attached hydrogens (tertiary/aromatic N) is 1. The second kappa shape index (κ2) is 8.80. The van der Waals surface area contributed by atoms with Gasteiger partial charge in [0.05, 0.1) is 5.02 Å². The highest BCUT2D eigenvalue weighted by Gasteiger charge is 2.17. The number of pyridine rings is 1. The minimum Gasteiger partial charge on any atom is -0.479 e. The monoisotopic (exact) mass is 495 g/mol. The van der Waals surface area contributed by atoms with Gasteiger partial charge in [0, 0.05) is 14.8 Å². The number of thiocarbonyl (C=S) groups is 1. The van der Waals surface area contributed by atoms with Gasteiger partial charge in [-0.2, -0.15) is 0 Å². The number of benzene rings is 1. The van der Waals surface area contributed by atoms with Crippen molar-refractivity contribution in [2.75, 3.05) is 5.32 Å². The van der Waals surface area contributed by atoms with E-state index >= 15 is 0 Å². The van der Waals surface area contributed by atoms with E-state index in [1.807, 2.05) is 6.07 Å². The highest BCUT2D eigenvalue weighted by atomic mass is 127. The zero-order valence-corrected chi connectivity index (χ0v) is 16.8. The molecule has 0 saturated heterocycles. The standard InChI is InChI=1S/C15H12Cl2IN3O2S/c1-8(23-12-4-2-9(16)6-11(12)17)14(22)21-15(24)20-13-5-3-10(18)7-19-13/h2-8H,1H3,(H2,19,20,21,22,24)/t8-/m1/s1. The molecule has 1 aromatic carbocycles. The first-order valence-electron chi connectivity index (χ1n) is 6.70. The molecule has 0 spiro atoms. The number of amides is 1. The lowest BCUT2D eigenvalue weighted by atomic mass is 10.3. The minimum absolute atomic E-state index is 0.131. The summed E-state index contributed by atoms with van der Waals surface area (Å²) in [4.78, 5) is 16.3. The van der Waals surface area contributed by atoms with E-state index in [1.165, 1.54) is 6.07 Å². The van der Waals surface area contributed by atoms with Crippen LogP contribution in [0.4, 0.5) is 5.82 Å². The molecule has 0 unspecified atom stereocenters. The molecule has 0 aliphatic rings. The molecule has 2 N–H and O–H groups in total. The maximum absolute atomic E-state index is 12.1. The summed E-state index contributed by atoms with van der Waals surface area (Å²) in [5.41, 5.74) is 0. The van der Waals surface area contributed by atoms with Gasteiger partial charge in [-0.25, -0.2) is 4.98 Å². The van der Waals surface area contributed by atoms with Crippen molar-refractivity contribution in [1.29, 1.82) is 0 Å². The smallest absolute Gasteiger partial charge is 0.266 e. The molecule has 1 atom stereocenters. The third-order valence-electron chi connectivity index (χ3n) is 2.77. The van der Waals surface area contributed by atoms with Gasteiger partial charge in [-0.1, -0.05) is 23.2 Å². The van der Waals surface area contributed by atoms with Gasteiger partial charge >= 0.3 is 0 Å². The average molecular weight is 496 g/mol. The predicted molar refractivity (Wildman–Crippen MR) is 108 cm³/mol. The van der Waals surface area contributed by atoms with E-state index in [-0.39, 0.29) is 5.11 Å². The van der Waals surface area contributed by atoms with Gasteiger partial charge in [0.1, 0.15) is 11.6 Å². The first-order valence-corrected chi connectivity index (χ1v) is 8.94. The van der Waals surface area contributed by atoms with Crippen LogP contribution in [0.1, 0.15) is 6.92 Å². The van der Waals surface area contributed by atoms with Gasteiger partial charge in [-0.15, -0.1) is 0 Å². The molecule has 0 bridgehead atoms. The molecule has 0 aliphatic heterocycles. The lowest BCUT2D eigenvalue weighted by Crippen LogP contribution is -2.42. The van der Waals surface area contributed by atoms with E-state index < -0.39 is 12.0 Å². The highest BCUT2D eigenvalue weighted by molar-refractivity contribution is 14.1. The Kier molecular flexibility index (Phi) is 7.02. The van der Waals surface area contributed by atoms with Crippen LogP contribution >= 0.6 is 58.0 Å². The van der Waals surface area contributed by atoms with Crippen LogP contribution in [0.3, 0.4) is 0 Å². The van der Waals surface area contributed by atoms with Gasteiger partial charge in [-0.05, 0) is 72.1 Å². The summed E-state index contributed by atoms with van der Waals surface area (Å²) >= 11 is 19.1. The first-order chi connectivity index (χ1) is 11.3. The summed E-state index contributed by atoms with van der Waals surface area (Å²) in [5.74, 6) is 0.487. The zero-order valence-electron chi connectivity index (χ0n) is 12.3. The largest absolute Gasteiger partial charge is 0.479 e. The predicted octanol–water partition coefficient (Wildman–Crippen LogP) is 4.27. The first kappa shape index (κ1) is 19.2. The summed E-state index contributed by atoms with van der Waals surface area (Å²) in [7, 11) is 0. The fraction of sp³-hybridized carbons (Fsp3) is 0.133. The van der Waals surface area contributed by atoms with Crippen molar-refractivity contribution in [3.05, 3.63) is 50.1 Å². The zero-order chi connectivity index (χ0) is 17.7. The third kappa shape index (κ3) is 5.73. The average Bonchev–Trinajstić information content (AvgIpc) is 2.52. The van der Waals surface area contributed by atoms with Crippen LogP contribution in [0.2, 0.25) is 10.0 Å². The van der Waals surface area contributed by atoms with Crippen molar-refractivity contribution in [3.63, 3.8) is 0 Å². The summed E-state index contributed by atoms with van der Waals surface area (Å²) in [6.45, 7) is 1.59. The summed E-state index contributed by atoms with van der Waals surface area (Å²) in [6, 6.07) is 8.39. The summed E-state index contributed by atoms with van der Waals surface area (Å²) in [5, 5.41) is 6.30. The Labute approximate surface area is 168 Å². The second-order valence-corrected chi connectivity index (χ2v) is 7.14. The number of aromatic nitrogens is 1. The van der Waals surface area contributed by atoms with Gasteiger partial charge in [-0.3, -0.25) is 10.1 Å². The van der Waals surface area contributed by atoms with Crippen molar-refractivity contribution in [3.8, 4) is 5.75 Å². The molecule has 126 valence electrons. The molecule has 0 aliphatic carbocycles. The number of hydrogen-bond donors (Lipinski definition) is 2. The van der Waals surface area contributed by atoms with Crippen molar-refractivity contribution in [2.45, 2.75) is 13.0 Å². The van der Waals surface area contributed by atoms with Crippen LogP contribution in [0.15, 0.2) is 36.5 Å². The quantitative estimate of drug-likeness (QED) is 0.489. The van der Waals surface area contributed by atoms with E-state index in [4.69, 9.17) is 40.2 Å². The molecule has 0 radical (unpaired) electrons. The maximum atomic E-state index is 12.1.